The molecule has 0 aliphatic carbocycles. The lowest BCUT2D eigenvalue weighted by molar-refractivity contribution is 1.05. The SMILES string of the molecule is C#CCN1c2ccccc2Sc2ccc(Cl)cc21. The third-order valence-electron chi connectivity index (χ3n) is 2.84. The second kappa shape index (κ2) is 4.61. The van der Waals surface area contributed by atoms with E-state index in [0.29, 0.717) is 6.54 Å². The van der Waals surface area contributed by atoms with Crippen molar-refractivity contribution < 1.29 is 0 Å². The molecule has 0 atom stereocenters. The molecule has 0 spiro atoms. The molecule has 3 heteroatoms. The maximum Gasteiger partial charge on any atom is 0.0841 e. The third-order valence-corrected chi connectivity index (χ3v) is 4.20. The predicted octanol–water partition coefficient (Wildman–Crippen LogP) is 4.58. The van der Waals surface area contributed by atoms with Crippen LogP contribution in [0.5, 0.6) is 0 Å². The molecule has 1 aliphatic rings. The Morgan fingerprint density at radius 3 is 2.72 bits per heavy atom. The zero-order valence-electron chi connectivity index (χ0n) is 9.56. The highest BCUT2D eigenvalue weighted by molar-refractivity contribution is 7.99. The van der Waals surface area contributed by atoms with Crippen molar-refractivity contribution in [3.8, 4) is 12.3 Å². The van der Waals surface area contributed by atoms with E-state index in [4.69, 9.17) is 18.0 Å². The summed E-state index contributed by atoms with van der Waals surface area (Å²) in [5.41, 5.74) is 2.24. The fourth-order valence-electron chi connectivity index (χ4n) is 2.06. The van der Waals surface area contributed by atoms with Crippen molar-refractivity contribution in [2.24, 2.45) is 0 Å². The van der Waals surface area contributed by atoms with Crippen molar-refractivity contribution >= 4 is 34.7 Å². The molecule has 0 unspecified atom stereocenters. The summed E-state index contributed by atoms with van der Waals surface area (Å²) < 4.78 is 0. The fourth-order valence-corrected chi connectivity index (χ4v) is 3.31. The molecule has 0 aromatic heterocycles. The first-order chi connectivity index (χ1) is 8.79. The number of para-hydroxylation sites is 1. The van der Waals surface area contributed by atoms with E-state index in [1.807, 2.05) is 30.3 Å². The van der Waals surface area contributed by atoms with Crippen LogP contribution in [0.3, 0.4) is 0 Å². The van der Waals surface area contributed by atoms with Crippen LogP contribution in [-0.2, 0) is 0 Å². The van der Waals surface area contributed by atoms with Crippen molar-refractivity contribution in [3.05, 3.63) is 47.5 Å². The molecular weight excluding hydrogens is 262 g/mol. The van der Waals surface area contributed by atoms with E-state index in [1.165, 1.54) is 9.79 Å². The Balaban J connectivity index is 2.18. The van der Waals surface area contributed by atoms with Crippen LogP contribution in [-0.4, -0.2) is 6.54 Å². The molecule has 1 nitrogen and oxygen atoms in total. The van der Waals surface area contributed by atoms with Gasteiger partial charge in [-0.05, 0) is 30.3 Å². The van der Waals surface area contributed by atoms with Crippen LogP contribution in [0.2, 0.25) is 5.02 Å². The Labute approximate surface area is 116 Å². The zero-order chi connectivity index (χ0) is 12.5. The summed E-state index contributed by atoms with van der Waals surface area (Å²) in [6.45, 7) is 0.547. The van der Waals surface area contributed by atoms with E-state index < -0.39 is 0 Å². The molecule has 3 rings (SSSR count). The third kappa shape index (κ3) is 1.86. The Hall–Kier alpha value is -1.56. The predicted molar refractivity (Wildman–Crippen MR) is 77.9 cm³/mol. The van der Waals surface area contributed by atoms with Gasteiger partial charge in [-0.3, -0.25) is 0 Å². The Morgan fingerprint density at radius 1 is 1.11 bits per heavy atom. The Kier molecular flexibility index (Phi) is 2.95. The second-order valence-electron chi connectivity index (χ2n) is 3.97. The minimum Gasteiger partial charge on any atom is -0.328 e. The van der Waals surface area contributed by atoms with Gasteiger partial charge in [-0.1, -0.05) is 41.4 Å². The van der Waals surface area contributed by atoms with Gasteiger partial charge in [-0.15, -0.1) is 6.42 Å². The lowest BCUT2D eigenvalue weighted by atomic mass is 10.2. The van der Waals surface area contributed by atoms with Gasteiger partial charge < -0.3 is 4.90 Å². The first-order valence-electron chi connectivity index (χ1n) is 5.57. The van der Waals surface area contributed by atoms with Gasteiger partial charge in [0.05, 0.1) is 17.9 Å². The number of halogens is 1. The number of nitrogens with zero attached hydrogens (tertiary/aromatic N) is 1. The van der Waals surface area contributed by atoms with Crippen molar-refractivity contribution in [3.63, 3.8) is 0 Å². The average molecular weight is 272 g/mol. The normalized spacial score (nSPS) is 12.6. The number of hydrogen-bond acceptors (Lipinski definition) is 2. The molecule has 0 saturated carbocycles. The lowest BCUT2D eigenvalue weighted by Crippen LogP contribution is -2.20. The minimum absolute atomic E-state index is 0.547. The molecule has 1 heterocycles. The Morgan fingerprint density at radius 2 is 1.89 bits per heavy atom. The van der Waals surface area contributed by atoms with Crippen molar-refractivity contribution in [2.45, 2.75) is 9.79 Å². The number of benzene rings is 2. The number of anilines is 2. The summed E-state index contributed by atoms with van der Waals surface area (Å²) >= 11 is 7.83. The van der Waals surface area contributed by atoms with Crippen LogP contribution < -0.4 is 4.90 Å². The summed E-state index contributed by atoms with van der Waals surface area (Å²) in [7, 11) is 0. The first-order valence-corrected chi connectivity index (χ1v) is 6.76. The highest BCUT2D eigenvalue weighted by atomic mass is 35.5. The van der Waals surface area contributed by atoms with Crippen molar-refractivity contribution in [1.29, 1.82) is 0 Å². The van der Waals surface area contributed by atoms with E-state index in [9.17, 15) is 0 Å². The number of terminal acetylenes is 1. The average Bonchev–Trinajstić information content (AvgIpc) is 2.39. The maximum atomic E-state index is 6.08. The zero-order valence-corrected chi connectivity index (χ0v) is 11.1. The van der Waals surface area contributed by atoms with Crippen LogP contribution in [0.25, 0.3) is 0 Å². The van der Waals surface area contributed by atoms with Gasteiger partial charge in [0.15, 0.2) is 0 Å². The highest BCUT2D eigenvalue weighted by Crippen LogP contribution is 2.48. The van der Waals surface area contributed by atoms with E-state index in [1.54, 1.807) is 11.8 Å². The van der Waals surface area contributed by atoms with E-state index in [0.717, 1.165) is 16.4 Å². The fraction of sp³-hybridized carbons (Fsp3) is 0.0667. The van der Waals surface area contributed by atoms with E-state index in [2.05, 4.69) is 23.0 Å². The monoisotopic (exact) mass is 271 g/mol. The van der Waals surface area contributed by atoms with Crippen LogP contribution in [0.15, 0.2) is 52.3 Å². The van der Waals surface area contributed by atoms with Gasteiger partial charge in [0.1, 0.15) is 0 Å². The molecule has 0 radical (unpaired) electrons. The van der Waals surface area contributed by atoms with Crippen LogP contribution in [0.4, 0.5) is 11.4 Å². The first kappa shape index (κ1) is 11.5. The second-order valence-corrected chi connectivity index (χ2v) is 5.49. The topological polar surface area (TPSA) is 3.24 Å². The van der Waals surface area contributed by atoms with Gasteiger partial charge >= 0.3 is 0 Å². The van der Waals surface area contributed by atoms with Gasteiger partial charge in [0.25, 0.3) is 0 Å². The molecule has 0 saturated heterocycles. The van der Waals surface area contributed by atoms with E-state index in [-0.39, 0.29) is 0 Å². The summed E-state index contributed by atoms with van der Waals surface area (Å²) in [5.74, 6) is 2.71. The van der Waals surface area contributed by atoms with E-state index >= 15 is 0 Å². The molecule has 2 aromatic carbocycles. The molecule has 0 amide bonds. The highest BCUT2D eigenvalue weighted by Gasteiger charge is 2.22. The smallest absolute Gasteiger partial charge is 0.0841 e. The van der Waals surface area contributed by atoms with Gasteiger partial charge in [-0.2, -0.15) is 0 Å². The summed E-state index contributed by atoms with van der Waals surface area (Å²) in [5, 5.41) is 0.732. The van der Waals surface area contributed by atoms with Crippen LogP contribution in [0.1, 0.15) is 0 Å². The lowest BCUT2D eigenvalue weighted by Gasteiger charge is -2.31. The van der Waals surface area contributed by atoms with Crippen molar-refractivity contribution in [2.75, 3.05) is 11.4 Å². The molecule has 2 aromatic rings. The number of rotatable bonds is 1. The molecule has 0 N–H and O–H groups in total. The molecule has 0 fully saturated rings. The molecule has 18 heavy (non-hydrogen) atoms. The van der Waals surface area contributed by atoms with Gasteiger partial charge in [-0.25, -0.2) is 0 Å². The summed E-state index contributed by atoms with van der Waals surface area (Å²) in [6, 6.07) is 14.2. The van der Waals surface area contributed by atoms with Crippen LogP contribution >= 0.6 is 23.4 Å². The standard InChI is InChI=1S/C15H10ClNS/c1-2-9-17-12-5-3-4-6-14(12)18-15-8-7-11(16)10-13(15)17/h1,3-8,10H,9H2. The summed E-state index contributed by atoms with van der Waals surface area (Å²) in [6.07, 6.45) is 5.48. The largest absolute Gasteiger partial charge is 0.328 e. The van der Waals surface area contributed by atoms with Crippen molar-refractivity contribution in [1.82, 2.24) is 0 Å². The molecule has 1 aliphatic heterocycles. The minimum atomic E-state index is 0.547. The summed E-state index contributed by atoms with van der Waals surface area (Å²) in [4.78, 5) is 4.54. The number of fused-ring (bicyclic) bond motifs is 2. The molecular formula is C15H10ClNS. The Bertz CT molecular complexity index is 645. The van der Waals surface area contributed by atoms with Gasteiger partial charge in [0.2, 0.25) is 0 Å². The maximum absolute atomic E-state index is 6.08. The van der Waals surface area contributed by atoms with Gasteiger partial charge in [0, 0.05) is 14.8 Å². The molecule has 0 bridgehead atoms. The quantitative estimate of drug-likeness (QED) is 0.699. The molecule has 88 valence electrons. The van der Waals surface area contributed by atoms with Crippen LogP contribution in [0, 0.1) is 12.3 Å². The number of hydrogen-bond donors (Lipinski definition) is 0.